The molecule has 0 aromatic heterocycles. The summed E-state index contributed by atoms with van der Waals surface area (Å²) in [4.78, 5) is 46.7. The second-order valence-electron chi connectivity index (χ2n) is 6.94. The van der Waals surface area contributed by atoms with E-state index in [1.165, 1.54) is 13.8 Å². The van der Waals surface area contributed by atoms with Crippen LogP contribution in [0, 0.1) is 0 Å². The molecule has 0 fully saturated rings. The summed E-state index contributed by atoms with van der Waals surface area (Å²) in [6.45, 7) is 8.08. The number of hydrogen-bond donors (Lipinski definition) is 2. The second kappa shape index (κ2) is 9.70. The Bertz CT molecular complexity index is 708. The molecule has 1 atom stereocenters. The van der Waals surface area contributed by atoms with Gasteiger partial charge in [0.05, 0.1) is 6.42 Å². The third-order valence-electron chi connectivity index (χ3n) is 3.21. The Kier molecular flexibility index (Phi) is 7.96. The fourth-order valence-corrected chi connectivity index (χ4v) is 1.95. The lowest BCUT2D eigenvalue weighted by molar-refractivity contribution is -0.153. The normalized spacial score (nSPS) is 11.9. The molecule has 0 saturated carbocycles. The number of esters is 1. The van der Waals surface area contributed by atoms with Gasteiger partial charge in [-0.2, -0.15) is 0 Å². The highest BCUT2D eigenvalue weighted by atomic mass is 16.6. The van der Waals surface area contributed by atoms with Crippen molar-refractivity contribution in [3.63, 3.8) is 0 Å². The average Bonchev–Trinajstić information content (AvgIpc) is 2.53. The van der Waals surface area contributed by atoms with Gasteiger partial charge >= 0.3 is 12.1 Å². The molecule has 0 aliphatic rings. The summed E-state index contributed by atoms with van der Waals surface area (Å²) in [7, 11) is 0. The van der Waals surface area contributed by atoms with Gasteiger partial charge in [-0.1, -0.05) is 12.1 Å². The van der Waals surface area contributed by atoms with Crippen LogP contribution in [0.4, 0.5) is 10.5 Å². The van der Waals surface area contributed by atoms with E-state index in [0.29, 0.717) is 11.3 Å². The van der Waals surface area contributed by atoms with E-state index < -0.39 is 29.7 Å². The number of nitrogens with one attached hydrogen (secondary N) is 2. The number of hydrogen-bond acceptors (Lipinski definition) is 6. The van der Waals surface area contributed by atoms with Crippen molar-refractivity contribution < 1.29 is 28.7 Å². The SMILES string of the molecule is CC(=O)c1cccc(NC(=O)[C@H](C)OC(=O)CCNC(=O)OC(C)(C)C)c1. The lowest BCUT2D eigenvalue weighted by Crippen LogP contribution is -2.35. The lowest BCUT2D eigenvalue weighted by Gasteiger charge is -2.19. The highest BCUT2D eigenvalue weighted by Gasteiger charge is 2.19. The van der Waals surface area contributed by atoms with Crippen LogP contribution in [-0.2, 0) is 19.1 Å². The van der Waals surface area contributed by atoms with Crippen LogP contribution < -0.4 is 10.6 Å². The highest BCUT2D eigenvalue weighted by molar-refractivity contribution is 5.98. The molecule has 27 heavy (non-hydrogen) atoms. The maximum atomic E-state index is 12.1. The molecule has 0 saturated heterocycles. The van der Waals surface area contributed by atoms with E-state index in [-0.39, 0.29) is 18.7 Å². The van der Waals surface area contributed by atoms with Gasteiger partial charge < -0.3 is 20.1 Å². The van der Waals surface area contributed by atoms with Gasteiger partial charge in [-0.15, -0.1) is 0 Å². The molecule has 0 unspecified atom stereocenters. The molecule has 2 N–H and O–H groups in total. The van der Waals surface area contributed by atoms with E-state index in [1.54, 1.807) is 45.0 Å². The summed E-state index contributed by atoms with van der Waals surface area (Å²) >= 11 is 0. The smallest absolute Gasteiger partial charge is 0.407 e. The van der Waals surface area contributed by atoms with Gasteiger partial charge in [-0.3, -0.25) is 14.4 Å². The Morgan fingerprint density at radius 3 is 2.41 bits per heavy atom. The zero-order valence-electron chi connectivity index (χ0n) is 16.3. The van der Waals surface area contributed by atoms with Gasteiger partial charge in [0.25, 0.3) is 5.91 Å². The minimum atomic E-state index is -1.03. The molecule has 0 bridgehead atoms. The number of benzene rings is 1. The number of anilines is 1. The van der Waals surface area contributed by atoms with E-state index in [1.807, 2.05) is 0 Å². The molecule has 8 nitrogen and oxygen atoms in total. The van der Waals surface area contributed by atoms with Crippen LogP contribution in [0.1, 0.15) is 51.4 Å². The van der Waals surface area contributed by atoms with Gasteiger partial charge in [0.15, 0.2) is 11.9 Å². The highest BCUT2D eigenvalue weighted by Crippen LogP contribution is 2.12. The van der Waals surface area contributed by atoms with Gasteiger partial charge in [0, 0.05) is 17.8 Å². The minimum absolute atomic E-state index is 0.0305. The minimum Gasteiger partial charge on any atom is -0.452 e. The van der Waals surface area contributed by atoms with Gasteiger partial charge in [-0.05, 0) is 46.8 Å². The molecule has 0 radical (unpaired) electrons. The van der Waals surface area contributed by atoms with E-state index in [0.717, 1.165) is 0 Å². The Hall–Kier alpha value is -2.90. The van der Waals surface area contributed by atoms with Crippen molar-refractivity contribution in [3.8, 4) is 0 Å². The van der Waals surface area contributed by atoms with Gasteiger partial charge in [-0.25, -0.2) is 4.79 Å². The predicted octanol–water partition coefficient (Wildman–Crippen LogP) is 2.67. The Morgan fingerprint density at radius 1 is 1.15 bits per heavy atom. The average molecular weight is 378 g/mol. The predicted molar refractivity (Wildman–Crippen MR) is 99.5 cm³/mol. The number of alkyl carbamates (subject to hydrolysis) is 1. The van der Waals surface area contributed by atoms with E-state index in [2.05, 4.69) is 10.6 Å². The molecule has 1 aromatic rings. The van der Waals surface area contributed by atoms with Crippen LogP contribution in [0.15, 0.2) is 24.3 Å². The summed E-state index contributed by atoms with van der Waals surface area (Å²) in [6, 6.07) is 6.45. The van der Waals surface area contributed by atoms with Crippen molar-refractivity contribution in [2.75, 3.05) is 11.9 Å². The fraction of sp³-hybridized carbons (Fsp3) is 0.474. The van der Waals surface area contributed by atoms with Crippen molar-refractivity contribution in [3.05, 3.63) is 29.8 Å². The van der Waals surface area contributed by atoms with Crippen LogP contribution in [0.25, 0.3) is 0 Å². The van der Waals surface area contributed by atoms with Gasteiger partial charge in [0.1, 0.15) is 5.60 Å². The summed E-state index contributed by atoms with van der Waals surface area (Å²) in [5.41, 5.74) is 0.268. The Labute approximate surface area is 158 Å². The monoisotopic (exact) mass is 378 g/mol. The third kappa shape index (κ3) is 8.84. The zero-order valence-corrected chi connectivity index (χ0v) is 16.3. The lowest BCUT2D eigenvalue weighted by atomic mass is 10.1. The van der Waals surface area contributed by atoms with Crippen molar-refractivity contribution in [2.24, 2.45) is 0 Å². The summed E-state index contributed by atoms with van der Waals surface area (Å²) in [6.07, 6.45) is -1.76. The number of carbonyl (C=O) groups excluding carboxylic acids is 4. The fourth-order valence-electron chi connectivity index (χ4n) is 1.95. The number of rotatable bonds is 7. The number of carbonyl (C=O) groups is 4. The maximum Gasteiger partial charge on any atom is 0.407 e. The molecule has 2 amide bonds. The second-order valence-corrected chi connectivity index (χ2v) is 6.94. The van der Waals surface area contributed by atoms with Crippen molar-refractivity contribution in [1.29, 1.82) is 0 Å². The molecule has 1 aromatic carbocycles. The third-order valence-corrected chi connectivity index (χ3v) is 3.21. The van der Waals surface area contributed by atoms with E-state index >= 15 is 0 Å². The van der Waals surface area contributed by atoms with Crippen LogP contribution >= 0.6 is 0 Å². The Morgan fingerprint density at radius 2 is 1.81 bits per heavy atom. The summed E-state index contributed by atoms with van der Waals surface area (Å²) < 4.78 is 10.1. The number of Topliss-reactive ketones (excluding diaryl/α,β-unsaturated/α-hetero) is 1. The quantitative estimate of drug-likeness (QED) is 0.557. The molecule has 0 aliphatic heterocycles. The molecular formula is C19H26N2O6. The maximum absolute atomic E-state index is 12.1. The standard InChI is InChI=1S/C19H26N2O6/c1-12(22)14-7-6-8-15(11-14)21-17(24)13(2)26-16(23)9-10-20-18(25)27-19(3,4)5/h6-8,11,13H,9-10H2,1-5H3,(H,20,25)(H,21,24)/t13-/m0/s1. The first kappa shape index (κ1) is 22.1. The van der Waals surface area contributed by atoms with Crippen LogP contribution in [0.3, 0.4) is 0 Å². The van der Waals surface area contributed by atoms with Crippen LogP contribution in [0.5, 0.6) is 0 Å². The number of amides is 2. The molecule has 0 aliphatic carbocycles. The summed E-state index contributed by atoms with van der Waals surface area (Å²) in [5, 5.41) is 5.02. The van der Waals surface area contributed by atoms with Crippen molar-refractivity contribution in [1.82, 2.24) is 5.32 Å². The first-order valence-corrected chi connectivity index (χ1v) is 8.56. The van der Waals surface area contributed by atoms with Crippen LogP contribution in [-0.4, -0.2) is 42.0 Å². The first-order chi connectivity index (χ1) is 12.5. The van der Waals surface area contributed by atoms with E-state index in [4.69, 9.17) is 9.47 Å². The topological polar surface area (TPSA) is 111 Å². The molecule has 0 heterocycles. The molecule has 0 spiro atoms. The van der Waals surface area contributed by atoms with E-state index in [9.17, 15) is 19.2 Å². The van der Waals surface area contributed by atoms with Crippen LogP contribution in [0.2, 0.25) is 0 Å². The largest absolute Gasteiger partial charge is 0.452 e. The van der Waals surface area contributed by atoms with Crippen molar-refractivity contribution >= 4 is 29.4 Å². The molecule has 1 rings (SSSR count). The molecule has 8 heteroatoms. The molecule has 148 valence electrons. The summed E-state index contributed by atoms with van der Waals surface area (Å²) in [5.74, 6) is -1.28. The Balaban J connectivity index is 2.42. The zero-order chi connectivity index (χ0) is 20.6. The first-order valence-electron chi connectivity index (χ1n) is 8.56. The number of ether oxygens (including phenoxy) is 2. The van der Waals surface area contributed by atoms with Crippen molar-refractivity contribution in [2.45, 2.75) is 52.7 Å². The number of ketones is 1. The van der Waals surface area contributed by atoms with Gasteiger partial charge in [0.2, 0.25) is 0 Å². The molecular weight excluding hydrogens is 352 g/mol.